The first kappa shape index (κ1) is 16.4. The Kier molecular flexibility index (Phi) is 5.50. The van der Waals surface area contributed by atoms with E-state index < -0.39 is 23.5 Å². The third-order valence-electron chi connectivity index (χ3n) is 2.67. The van der Waals surface area contributed by atoms with Crippen molar-refractivity contribution in [1.29, 1.82) is 0 Å². The second-order valence-electron chi connectivity index (χ2n) is 4.41. The van der Waals surface area contributed by atoms with Crippen molar-refractivity contribution in [2.75, 3.05) is 13.1 Å². The van der Waals surface area contributed by atoms with E-state index in [9.17, 15) is 22.4 Å². The molecule has 0 heterocycles. The largest absolute Gasteiger partial charge is 0.480 e. The van der Waals surface area contributed by atoms with Crippen LogP contribution < -0.4 is 0 Å². The predicted molar refractivity (Wildman–Crippen MR) is 64.6 cm³/mol. The Hall–Kier alpha value is -1.63. The van der Waals surface area contributed by atoms with Crippen LogP contribution in [0.4, 0.5) is 17.6 Å². The zero-order valence-corrected chi connectivity index (χ0v) is 10.9. The number of carboxylic acids is 1. The van der Waals surface area contributed by atoms with E-state index in [0.717, 1.165) is 12.1 Å². The Labute approximate surface area is 113 Å². The van der Waals surface area contributed by atoms with Gasteiger partial charge in [0.15, 0.2) is 0 Å². The van der Waals surface area contributed by atoms with E-state index in [-0.39, 0.29) is 18.7 Å². The van der Waals surface area contributed by atoms with Crippen molar-refractivity contribution in [3.05, 3.63) is 35.1 Å². The van der Waals surface area contributed by atoms with Gasteiger partial charge in [0.25, 0.3) is 0 Å². The smallest absolute Gasteiger partial charge is 0.416 e. The Bertz CT molecular complexity index is 474. The molecule has 7 heteroatoms. The summed E-state index contributed by atoms with van der Waals surface area (Å²) in [6.07, 6.45) is -3.93. The average molecular weight is 293 g/mol. The van der Waals surface area contributed by atoms with Crippen molar-refractivity contribution in [1.82, 2.24) is 4.90 Å². The summed E-state index contributed by atoms with van der Waals surface area (Å²) in [6.45, 7) is 1.65. The molecule has 0 amide bonds. The molecule has 0 saturated heterocycles. The Morgan fingerprint density at radius 1 is 1.35 bits per heavy atom. The van der Waals surface area contributed by atoms with E-state index in [1.165, 1.54) is 4.90 Å². The molecule has 112 valence electrons. The van der Waals surface area contributed by atoms with Crippen molar-refractivity contribution < 1.29 is 27.5 Å². The number of rotatable bonds is 6. The molecule has 0 bridgehead atoms. The van der Waals surface area contributed by atoms with Gasteiger partial charge in [-0.25, -0.2) is 4.39 Å². The number of hydrogen-bond acceptors (Lipinski definition) is 2. The van der Waals surface area contributed by atoms with Crippen molar-refractivity contribution in [3.8, 4) is 0 Å². The molecule has 0 atom stereocenters. The highest BCUT2D eigenvalue weighted by molar-refractivity contribution is 5.69. The standard InChI is InChI=1S/C13H15F4NO2/c1-2-5-18(8-12(19)20)7-9-6-10(13(15,16)17)3-4-11(9)14/h3-4,6H,2,5,7-8H2,1H3,(H,19,20). The molecule has 1 N–H and O–H groups in total. The fourth-order valence-electron chi connectivity index (χ4n) is 1.83. The highest BCUT2D eigenvalue weighted by Crippen LogP contribution is 2.30. The SMILES string of the molecule is CCCN(CC(=O)O)Cc1cc(C(F)(F)F)ccc1F. The lowest BCUT2D eigenvalue weighted by Gasteiger charge is -2.20. The van der Waals surface area contributed by atoms with Gasteiger partial charge in [0.1, 0.15) is 5.82 Å². The number of carboxylic acid groups (broad SMARTS) is 1. The van der Waals surface area contributed by atoms with Gasteiger partial charge >= 0.3 is 12.1 Å². The van der Waals surface area contributed by atoms with Crippen LogP contribution in [0.3, 0.4) is 0 Å². The molecular weight excluding hydrogens is 278 g/mol. The minimum Gasteiger partial charge on any atom is -0.480 e. The van der Waals surface area contributed by atoms with Crippen LogP contribution in [0.25, 0.3) is 0 Å². The summed E-state index contributed by atoms with van der Waals surface area (Å²) in [5.41, 5.74) is -1.10. The maximum atomic E-state index is 13.6. The van der Waals surface area contributed by atoms with Crippen LogP contribution in [-0.4, -0.2) is 29.1 Å². The number of aliphatic carboxylic acids is 1. The second kappa shape index (κ2) is 6.69. The van der Waals surface area contributed by atoms with Crippen LogP contribution in [0.5, 0.6) is 0 Å². The molecule has 20 heavy (non-hydrogen) atoms. The number of benzene rings is 1. The summed E-state index contributed by atoms with van der Waals surface area (Å²) >= 11 is 0. The molecule has 0 unspecified atom stereocenters. The molecule has 1 aromatic rings. The number of halogens is 4. The van der Waals surface area contributed by atoms with Gasteiger partial charge in [0, 0.05) is 12.1 Å². The maximum Gasteiger partial charge on any atom is 0.416 e. The van der Waals surface area contributed by atoms with Gasteiger partial charge in [-0.3, -0.25) is 9.69 Å². The first-order valence-corrected chi connectivity index (χ1v) is 6.03. The summed E-state index contributed by atoms with van der Waals surface area (Å²) in [5, 5.41) is 8.73. The van der Waals surface area contributed by atoms with Gasteiger partial charge in [-0.05, 0) is 31.2 Å². The van der Waals surface area contributed by atoms with Gasteiger partial charge in [-0.1, -0.05) is 6.92 Å². The number of nitrogens with zero attached hydrogens (tertiary/aromatic N) is 1. The van der Waals surface area contributed by atoms with Crippen LogP contribution in [-0.2, 0) is 17.5 Å². The molecule has 0 aliphatic carbocycles. The molecular formula is C13H15F4NO2. The van der Waals surface area contributed by atoms with E-state index in [0.29, 0.717) is 19.0 Å². The highest BCUT2D eigenvalue weighted by atomic mass is 19.4. The lowest BCUT2D eigenvalue weighted by Crippen LogP contribution is -2.30. The minimum absolute atomic E-state index is 0.158. The molecule has 0 radical (unpaired) electrons. The zero-order valence-electron chi connectivity index (χ0n) is 10.9. The van der Waals surface area contributed by atoms with Crippen LogP contribution in [0.15, 0.2) is 18.2 Å². The maximum absolute atomic E-state index is 13.6. The second-order valence-corrected chi connectivity index (χ2v) is 4.41. The summed E-state index contributed by atoms with van der Waals surface area (Å²) in [6, 6.07) is 2.14. The summed E-state index contributed by atoms with van der Waals surface area (Å²) < 4.78 is 51.2. The molecule has 0 saturated carbocycles. The normalized spacial score (nSPS) is 11.9. The number of hydrogen-bond donors (Lipinski definition) is 1. The quantitative estimate of drug-likeness (QED) is 0.819. The average Bonchev–Trinajstić information content (AvgIpc) is 2.30. The Morgan fingerprint density at radius 2 is 2.00 bits per heavy atom. The summed E-state index contributed by atoms with van der Waals surface area (Å²) in [5.74, 6) is -1.88. The lowest BCUT2D eigenvalue weighted by molar-refractivity contribution is -0.139. The van der Waals surface area contributed by atoms with E-state index >= 15 is 0 Å². The predicted octanol–water partition coefficient (Wildman–Crippen LogP) is 3.14. The van der Waals surface area contributed by atoms with Crippen LogP contribution >= 0.6 is 0 Å². The monoisotopic (exact) mass is 293 g/mol. The van der Waals surface area contributed by atoms with Gasteiger partial charge in [0.05, 0.1) is 12.1 Å². The van der Waals surface area contributed by atoms with Crippen molar-refractivity contribution in [2.45, 2.75) is 26.1 Å². The van der Waals surface area contributed by atoms with Gasteiger partial charge in [-0.15, -0.1) is 0 Å². The third-order valence-corrected chi connectivity index (χ3v) is 2.67. The fourth-order valence-corrected chi connectivity index (χ4v) is 1.83. The van der Waals surface area contributed by atoms with Gasteiger partial charge in [0.2, 0.25) is 0 Å². The number of carbonyl (C=O) groups is 1. The van der Waals surface area contributed by atoms with E-state index in [2.05, 4.69) is 0 Å². The third kappa shape index (κ3) is 4.80. The summed E-state index contributed by atoms with van der Waals surface area (Å²) in [4.78, 5) is 12.1. The Balaban J connectivity index is 2.96. The highest BCUT2D eigenvalue weighted by Gasteiger charge is 2.31. The van der Waals surface area contributed by atoms with Crippen molar-refractivity contribution in [2.24, 2.45) is 0 Å². The summed E-state index contributed by atoms with van der Waals surface area (Å²) in [7, 11) is 0. The molecule has 3 nitrogen and oxygen atoms in total. The molecule has 1 rings (SSSR count). The molecule has 0 aromatic heterocycles. The van der Waals surface area contributed by atoms with Crippen LogP contribution in [0.2, 0.25) is 0 Å². The molecule has 0 aliphatic rings. The topological polar surface area (TPSA) is 40.5 Å². The van der Waals surface area contributed by atoms with Gasteiger partial charge in [-0.2, -0.15) is 13.2 Å². The molecule has 0 aliphatic heterocycles. The van der Waals surface area contributed by atoms with Crippen LogP contribution in [0, 0.1) is 5.82 Å². The Morgan fingerprint density at radius 3 is 2.50 bits per heavy atom. The fraction of sp³-hybridized carbons (Fsp3) is 0.462. The van der Waals surface area contributed by atoms with Crippen molar-refractivity contribution >= 4 is 5.97 Å². The number of alkyl halides is 3. The van der Waals surface area contributed by atoms with E-state index in [4.69, 9.17) is 5.11 Å². The molecule has 0 fully saturated rings. The molecule has 0 spiro atoms. The van der Waals surface area contributed by atoms with Crippen molar-refractivity contribution in [3.63, 3.8) is 0 Å². The lowest BCUT2D eigenvalue weighted by atomic mass is 10.1. The van der Waals surface area contributed by atoms with E-state index in [1.54, 1.807) is 6.92 Å². The van der Waals surface area contributed by atoms with E-state index in [1.807, 2.05) is 0 Å². The first-order valence-electron chi connectivity index (χ1n) is 6.03. The van der Waals surface area contributed by atoms with Crippen LogP contribution in [0.1, 0.15) is 24.5 Å². The minimum atomic E-state index is -4.55. The molecule has 1 aromatic carbocycles. The van der Waals surface area contributed by atoms with Gasteiger partial charge < -0.3 is 5.11 Å². The zero-order chi connectivity index (χ0) is 15.3. The first-order chi connectivity index (χ1) is 9.24.